The minimum Gasteiger partial charge on any atom is -0.489 e. The number of aromatic nitrogens is 2. The Bertz CT molecular complexity index is 1170. The van der Waals surface area contributed by atoms with Crippen LogP contribution in [-0.4, -0.2) is 21.3 Å². The van der Waals surface area contributed by atoms with Crippen LogP contribution in [0, 0.1) is 6.92 Å². The van der Waals surface area contributed by atoms with Crippen LogP contribution in [0.3, 0.4) is 0 Å². The van der Waals surface area contributed by atoms with Crippen LogP contribution < -0.4 is 4.74 Å². The van der Waals surface area contributed by atoms with Crippen LogP contribution in [0.5, 0.6) is 5.75 Å². The fraction of sp³-hybridized carbons (Fsp3) is 0.182. The van der Waals surface area contributed by atoms with Crippen molar-refractivity contribution in [1.29, 1.82) is 0 Å². The molecule has 0 aliphatic carbocycles. The molecule has 0 fully saturated rings. The van der Waals surface area contributed by atoms with Crippen molar-refractivity contribution in [1.82, 2.24) is 9.97 Å². The second-order valence-corrected chi connectivity index (χ2v) is 6.71. The zero-order chi connectivity index (χ0) is 21.3. The van der Waals surface area contributed by atoms with Crippen LogP contribution in [0.25, 0.3) is 22.4 Å². The predicted octanol–water partition coefficient (Wildman–Crippen LogP) is 5.37. The molecule has 1 atom stereocenters. The molecule has 0 saturated heterocycles. The topological polar surface area (TPSA) is 68.4 Å². The summed E-state index contributed by atoms with van der Waals surface area (Å²) < 4.78 is 50.2. The molecular formula is C22H17F3N2O3. The van der Waals surface area contributed by atoms with Gasteiger partial charge in [0.2, 0.25) is 0 Å². The van der Waals surface area contributed by atoms with Gasteiger partial charge in [0.1, 0.15) is 23.7 Å². The Kier molecular flexibility index (Phi) is 5.17. The third kappa shape index (κ3) is 3.99. The van der Waals surface area contributed by atoms with Crippen LogP contribution in [-0.2, 0) is 6.61 Å². The molecule has 0 spiro atoms. The first-order valence-electron chi connectivity index (χ1n) is 9.11. The van der Waals surface area contributed by atoms with Crippen molar-refractivity contribution in [3.63, 3.8) is 0 Å². The van der Waals surface area contributed by atoms with Crippen LogP contribution in [0.2, 0.25) is 0 Å². The Labute approximate surface area is 169 Å². The Hall–Kier alpha value is -3.39. The van der Waals surface area contributed by atoms with Gasteiger partial charge in [0, 0.05) is 11.6 Å². The molecule has 5 nitrogen and oxygen atoms in total. The summed E-state index contributed by atoms with van der Waals surface area (Å²) in [5.41, 5.74) is 1.45. The monoisotopic (exact) mass is 414 g/mol. The van der Waals surface area contributed by atoms with Gasteiger partial charge in [-0.1, -0.05) is 30.3 Å². The average molecular weight is 414 g/mol. The highest BCUT2D eigenvalue weighted by Gasteiger charge is 2.40. The van der Waals surface area contributed by atoms with Gasteiger partial charge in [-0.3, -0.25) is 0 Å². The fourth-order valence-electron chi connectivity index (χ4n) is 3.12. The van der Waals surface area contributed by atoms with Crippen LogP contribution >= 0.6 is 0 Å². The molecule has 4 aromatic rings. The van der Waals surface area contributed by atoms with Crippen molar-refractivity contribution in [2.45, 2.75) is 25.8 Å². The highest BCUT2D eigenvalue weighted by Crippen LogP contribution is 2.36. The molecule has 0 amide bonds. The number of halogens is 3. The molecule has 0 radical (unpaired) electrons. The molecule has 154 valence electrons. The summed E-state index contributed by atoms with van der Waals surface area (Å²) in [5, 5.41) is 10.1. The van der Waals surface area contributed by atoms with E-state index in [0.717, 1.165) is 11.6 Å². The van der Waals surface area contributed by atoms with Gasteiger partial charge >= 0.3 is 6.18 Å². The highest BCUT2D eigenvalue weighted by atomic mass is 19.4. The number of aliphatic hydroxyl groups excluding tert-OH is 1. The maximum Gasteiger partial charge on any atom is 0.420 e. The lowest BCUT2D eigenvalue weighted by Gasteiger charge is -2.14. The van der Waals surface area contributed by atoms with E-state index in [1.54, 1.807) is 25.1 Å². The van der Waals surface area contributed by atoms with Crippen LogP contribution in [0.15, 0.2) is 65.2 Å². The van der Waals surface area contributed by atoms with E-state index in [4.69, 9.17) is 9.15 Å². The maximum atomic E-state index is 12.9. The number of benzene rings is 2. The van der Waals surface area contributed by atoms with Gasteiger partial charge in [0.25, 0.3) is 0 Å². The summed E-state index contributed by atoms with van der Waals surface area (Å²) in [6.45, 7) is 2.04. The quantitative estimate of drug-likeness (QED) is 0.475. The molecule has 8 heteroatoms. The Morgan fingerprint density at radius 2 is 1.87 bits per heavy atom. The molecule has 1 unspecified atom stereocenters. The summed E-state index contributed by atoms with van der Waals surface area (Å²) in [6.07, 6.45) is -6.33. The van der Waals surface area contributed by atoms with Gasteiger partial charge in [0.15, 0.2) is 11.9 Å². The number of alkyl halides is 3. The predicted molar refractivity (Wildman–Crippen MR) is 104 cm³/mol. The van der Waals surface area contributed by atoms with E-state index in [1.165, 1.54) is 6.20 Å². The number of aryl methyl sites for hydroxylation is 1. The summed E-state index contributed by atoms with van der Waals surface area (Å²) in [7, 11) is 0. The van der Waals surface area contributed by atoms with Crippen molar-refractivity contribution in [3.8, 4) is 17.1 Å². The van der Waals surface area contributed by atoms with Crippen molar-refractivity contribution in [2.75, 3.05) is 0 Å². The van der Waals surface area contributed by atoms with Gasteiger partial charge in [-0.15, -0.1) is 0 Å². The van der Waals surface area contributed by atoms with Crippen molar-refractivity contribution in [2.24, 2.45) is 0 Å². The largest absolute Gasteiger partial charge is 0.489 e. The lowest BCUT2D eigenvalue weighted by Crippen LogP contribution is -2.21. The minimum absolute atomic E-state index is 0.0345. The molecular weight excluding hydrogens is 397 g/mol. The zero-order valence-electron chi connectivity index (χ0n) is 15.8. The van der Waals surface area contributed by atoms with Gasteiger partial charge in [0.05, 0.1) is 11.3 Å². The molecule has 0 saturated carbocycles. The Morgan fingerprint density at radius 3 is 2.60 bits per heavy atom. The Morgan fingerprint density at radius 1 is 1.10 bits per heavy atom. The van der Waals surface area contributed by atoms with Crippen LogP contribution in [0.4, 0.5) is 13.2 Å². The second-order valence-electron chi connectivity index (χ2n) is 6.71. The standard InChI is InChI=1S/C22H17F3N2O3/c1-13-19(21-26-10-9-17(27-21)20(28)22(23,24)25)16-11-15(7-8-18(16)30-13)29-12-14-5-3-2-4-6-14/h2-11,20,28H,12H2,1H3. The Balaban J connectivity index is 1.70. The van der Waals surface area contributed by atoms with Crippen molar-refractivity contribution < 1.29 is 27.4 Å². The van der Waals surface area contributed by atoms with E-state index in [0.29, 0.717) is 34.6 Å². The van der Waals surface area contributed by atoms with Crippen molar-refractivity contribution >= 4 is 11.0 Å². The molecule has 0 aliphatic rings. The minimum atomic E-state index is -4.82. The molecule has 2 heterocycles. The molecule has 0 bridgehead atoms. The number of nitrogens with zero attached hydrogens (tertiary/aromatic N) is 2. The van der Waals surface area contributed by atoms with E-state index in [2.05, 4.69) is 9.97 Å². The third-order valence-electron chi connectivity index (χ3n) is 4.57. The average Bonchev–Trinajstić information content (AvgIpc) is 3.07. The maximum absolute atomic E-state index is 12.9. The summed E-state index contributed by atoms with van der Waals surface area (Å²) in [4.78, 5) is 8.02. The molecule has 30 heavy (non-hydrogen) atoms. The van der Waals surface area contributed by atoms with E-state index >= 15 is 0 Å². The number of fused-ring (bicyclic) bond motifs is 1. The van der Waals surface area contributed by atoms with E-state index < -0.39 is 18.0 Å². The second kappa shape index (κ2) is 7.79. The molecule has 4 rings (SSSR count). The SMILES string of the molecule is Cc1oc2ccc(OCc3ccccc3)cc2c1-c1nccc(C(O)C(F)(F)F)n1. The zero-order valence-corrected chi connectivity index (χ0v) is 15.8. The number of hydrogen-bond donors (Lipinski definition) is 1. The number of hydrogen-bond acceptors (Lipinski definition) is 5. The smallest absolute Gasteiger partial charge is 0.420 e. The number of furan rings is 1. The lowest BCUT2D eigenvalue weighted by molar-refractivity contribution is -0.207. The van der Waals surface area contributed by atoms with Gasteiger partial charge in [-0.25, -0.2) is 9.97 Å². The molecule has 2 aromatic heterocycles. The van der Waals surface area contributed by atoms with Crippen molar-refractivity contribution in [3.05, 3.63) is 77.8 Å². The molecule has 2 aromatic carbocycles. The fourth-order valence-corrected chi connectivity index (χ4v) is 3.12. The summed E-state index contributed by atoms with van der Waals surface area (Å²) >= 11 is 0. The third-order valence-corrected chi connectivity index (χ3v) is 4.57. The van der Waals surface area contributed by atoms with E-state index in [9.17, 15) is 18.3 Å². The first-order chi connectivity index (χ1) is 14.3. The number of rotatable bonds is 5. The lowest BCUT2D eigenvalue weighted by atomic mass is 10.1. The first-order valence-corrected chi connectivity index (χ1v) is 9.11. The summed E-state index contributed by atoms with van der Waals surface area (Å²) in [5.74, 6) is 1.05. The normalized spacial score (nSPS) is 12.8. The number of aliphatic hydroxyl groups is 1. The number of ether oxygens (including phenoxy) is 1. The van der Waals surface area contributed by atoms with Gasteiger partial charge in [-0.05, 0) is 36.8 Å². The van der Waals surface area contributed by atoms with Gasteiger partial charge < -0.3 is 14.3 Å². The van der Waals surface area contributed by atoms with E-state index in [-0.39, 0.29) is 5.82 Å². The first kappa shape index (κ1) is 19.9. The highest BCUT2D eigenvalue weighted by molar-refractivity contribution is 5.94. The molecule has 0 aliphatic heterocycles. The van der Waals surface area contributed by atoms with Crippen LogP contribution in [0.1, 0.15) is 23.1 Å². The molecule has 1 N–H and O–H groups in total. The summed E-state index contributed by atoms with van der Waals surface area (Å²) in [6, 6.07) is 15.9. The van der Waals surface area contributed by atoms with Gasteiger partial charge in [-0.2, -0.15) is 13.2 Å². The van der Waals surface area contributed by atoms with E-state index in [1.807, 2.05) is 30.3 Å².